The zero-order chi connectivity index (χ0) is 5.54. The van der Waals surface area contributed by atoms with Crippen LogP contribution in [0.15, 0.2) is 0 Å². The van der Waals surface area contributed by atoms with Crippen molar-refractivity contribution in [1.82, 2.24) is 0 Å². The molecule has 0 aromatic rings. The van der Waals surface area contributed by atoms with Crippen molar-refractivity contribution in [2.75, 3.05) is 0 Å². The molecule has 1 radical (unpaired) electrons. The Kier molecular flexibility index (Phi) is 15.0. The minimum atomic E-state index is 0. The first-order chi connectivity index (χ1) is 3.41. The van der Waals surface area contributed by atoms with Crippen LogP contribution in [0.4, 0.5) is 0 Å². The molecular formula is C7H14V. The smallest absolute Gasteiger partial charge is 0.335 e. The minimum Gasteiger partial charge on any atom is -0.335 e. The summed E-state index contributed by atoms with van der Waals surface area (Å²) in [5.74, 6) is 0. The van der Waals surface area contributed by atoms with Gasteiger partial charge in [-0.1, -0.05) is 0 Å². The fourth-order valence-corrected chi connectivity index (χ4v) is 0.204. The first-order valence-electron chi connectivity index (χ1n) is 2.97. The molecule has 1 fully saturated rings. The van der Waals surface area contributed by atoms with Crippen LogP contribution in [0.1, 0.15) is 33.1 Å². The quantitative estimate of drug-likeness (QED) is 0.464. The van der Waals surface area contributed by atoms with Crippen molar-refractivity contribution >= 4 is 0 Å². The second-order valence-corrected chi connectivity index (χ2v) is 1.80. The van der Waals surface area contributed by atoms with E-state index in [2.05, 4.69) is 6.42 Å². The molecule has 0 spiro atoms. The number of hydrogen-bond acceptors (Lipinski definition) is 0. The van der Waals surface area contributed by atoms with Gasteiger partial charge in [0.1, 0.15) is 0 Å². The van der Waals surface area contributed by atoms with E-state index in [4.69, 9.17) is 0 Å². The molecular weight excluding hydrogens is 135 g/mol. The summed E-state index contributed by atoms with van der Waals surface area (Å²) in [6, 6.07) is 0. The Morgan fingerprint density at radius 3 is 1.38 bits per heavy atom. The van der Waals surface area contributed by atoms with E-state index in [0.29, 0.717) is 0 Å². The Morgan fingerprint density at radius 2 is 1.38 bits per heavy atom. The van der Waals surface area contributed by atoms with Crippen LogP contribution in [0.25, 0.3) is 0 Å². The predicted molar refractivity (Wildman–Crippen MR) is 33.8 cm³/mol. The summed E-state index contributed by atoms with van der Waals surface area (Å²) in [6.07, 6.45) is 8.50. The van der Waals surface area contributed by atoms with E-state index >= 15 is 0 Å². The Balaban J connectivity index is 0. The van der Waals surface area contributed by atoms with Crippen LogP contribution in [0.2, 0.25) is 0 Å². The SMILES string of the molecule is C[CH-]C.[CH-]1CCC1.[V+2]. The summed E-state index contributed by atoms with van der Waals surface area (Å²) in [5, 5.41) is 0. The van der Waals surface area contributed by atoms with Crippen LogP contribution in [-0.4, -0.2) is 0 Å². The molecule has 0 aromatic carbocycles. The maximum absolute atomic E-state index is 2.31. The molecule has 0 unspecified atom stereocenters. The molecule has 0 aliphatic heterocycles. The molecule has 1 saturated carbocycles. The number of hydrogen-bond donors (Lipinski definition) is 0. The first kappa shape index (κ1) is 11.4. The molecule has 0 aromatic heterocycles. The van der Waals surface area contributed by atoms with Crippen LogP contribution in [-0.2, 0) is 18.6 Å². The number of rotatable bonds is 0. The maximum atomic E-state index is 2.31. The molecule has 47 valence electrons. The van der Waals surface area contributed by atoms with E-state index < -0.39 is 0 Å². The zero-order valence-corrected chi connectivity index (χ0v) is 7.12. The van der Waals surface area contributed by atoms with E-state index in [1.807, 2.05) is 20.3 Å². The van der Waals surface area contributed by atoms with Gasteiger partial charge in [0.15, 0.2) is 0 Å². The fraction of sp³-hybridized carbons (Fsp3) is 0.714. The summed E-state index contributed by atoms with van der Waals surface area (Å²) in [4.78, 5) is 0. The van der Waals surface area contributed by atoms with Crippen LogP contribution in [0.5, 0.6) is 0 Å². The average Bonchev–Trinajstić information content (AvgIpc) is 1.27. The van der Waals surface area contributed by atoms with Crippen LogP contribution in [0.3, 0.4) is 0 Å². The molecule has 0 N–H and O–H groups in total. The van der Waals surface area contributed by atoms with E-state index in [9.17, 15) is 0 Å². The fourth-order valence-electron chi connectivity index (χ4n) is 0.204. The van der Waals surface area contributed by atoms with Crippen LogP contribution in [0, 0.1) is 12.8 Å². The van der Waals surface area contributed by atoms with Crippen molar-refractivity contribution in [3.05, 3.63) is 12.8 Å². The topological polar surface area (TPSA) is 0 Å². The minimum absolute atomic E-state index is 0. The zero-order valence-electron chi connectivity index (χ0n) is 5.72. The van der Waals surface area contributed by atoms with Gasteiger partial charge in [0.25, 0.3) is 0 Å². The molecule has 1 aliphatic carbocycles. The normalized spacial score (nSPS) is 14.2. The van der Waals surface area contributed by atoms with Gasteiger partial charge in [-0.3, -0.25) is 0 Å². The summed E-state index contributed by atoms with van der Waals surface area (Å²) >= 11 is 0. The Morgan fingerprint density at radius 1 is 1.25 bits per heavy atom. The third-order valence-corrected chi connectivity index (χ3v) is 0.816. The molecule has 0 amide bonds. The van der Waals surface area contributed by atoms with Crippen molar-refractivity contribution in [2.24, 2.45) is 0 Å². The van der Waals surface area contributed by atoms with E-state index in [0.717, 1.165) is 0 Å². The molecule has 1 rings (SSSR count). The molecule has 0 nitrogen and oxygen atoms in total. The van der Waals surface area contributed by atoms with Gasteiger partial charge in [-0.15, -0.1) is 6.42 Å². The third kappa shape index (κ3) is 9.77. The van der Waals surface area contributed by atoms with Crippen molar-refractivity contribution in [3.63, 3.8) is 0 Å². The summed E-state index contributed by atoms with van der Waals surface area (Å²) in [7, 11) is 0. The van der Waals surface area contributed by atoms with Gasteiger partial charge in [-0.25, -0.2) is 0 Å². The summed E-state index contributed by atoms with van der Waals surface area (Å²) in [5.41, 5.74) is 0. The predicted octanol–water partition coefficient (Wildman–Crippen LogP) is 2.60. The second kappa shape index (κ2) is 10.5. The van der Waals surface area contributed by atoms with Crippen LogP contribution < -0.4 is 0 Å². The van der Waals surface area contributed by atoms with Crippen molar-refractivity contribution in [3.8, 4) is 0 Å². The van der Waals surface area contributed by atoms with Crippen molar-refractivity contribution in [2.45, 2.75) is 33.1 Å². The van der Waals surface area contributed by atoms with Gasteiger partial charge in [0.05, 0.1) is 0 Å². The standard InChI is InChI=1S/C4H7.C3H7.V/c1-2-4-3-1;1-3-2;/h1H,2-4H2;3H,1-2H3;/q2*-1;+2. The second-order valence-electron chi connectivity index (χ2n) is 1.80. The Hall–Kier alpha value is 0.584. The Bertz CT molecular complexity index is 19.6. The van der Waals surface area contributed by atoms with Gasteiger partial charge in [0.2, 0.25) is 0 Å². The van der Waals surface area contributed by atoms with Crippen LogP contribution >= 0.6 is 0 Å². The van der Waals surface area contributed by atoms with Crippen molar-refractivity contribution < 1.29 is 18.6 Å². The average molecular weight is 149 g/mol. The van der Waals surface area contributed by atoms with E-state index in [1.165, 1.54) is 19.3 Å². The molecule has 0 heterocycles. The third-order valence-electron chi connectivity index (χ3n) is 0.816. The molecule has 0 bridgehead atoms. The first-order valence-corrected chi connectivity index (χ1v) is 2.97. The molecule has 8 heavy (non-hydrogen) atoms. The van der Waals surface area contributed by atoms with Gasteiger partial charge in [-0.05, 0) is 0 Å². The van der Waals surface area contributed by atoms with Crippen molar-refractivity contribution in [1.29, 1.82) is 0 Å². The largest absolute Gasteiger partial charge is 2.00 e. The van der Waals surface area contributed by atoms with Gasteiger partial charge >= 0.3 is 18.6 Å². The summed E-state index contributed by atoms with van der Waals surface area (Å²) in [6.45, 7) is 4.00. The maximum Gasteiger partial charge on any atom is 2.00 e. The molecule has 1 heteroatoms. The van der Waals surface area contributed by atoms with E-state index in [-0.39, 0.29) is 18.6 Å². The molecule has 1 aliphatic rings. The monoisotopic (exact) mass is 149 g/mol. The van der Waals surface area contributed by atoms with Gasteiger partial charge in [0, 0.05) is 0 Å². The molecule has 0 atom stereocenters. The van der Waals surface area contributed by atoms with Gasteiger partial charge in [-0.2, -0.15) is 26.7 Å². The van der Waals surface area contributed by atoms with Gasteiger partial charge < -0.3 is 12.8 Å². The van der Waals surface area contributed by atoms with E-state index in [1.54, 1.807) is 0 Å². The molecule has 0 saturated heterocycles. The summed E-state index contributed by atoms with van der Waals surface area (Å²) < 4.78 is 0. The Labute approximate surface area is 64.9 Å².